The molecule has 4 heteroatoms. The molecule has 1 saturated heterocycles. The van der Waals surface area contributed by atoms with Crippen LogP contribution in [0.15, 0.2) is 17.5 Å². The Bertz CT molecular complexity index is 304. The molecule has 1 aliphatic heterocycles. The summed E-state index contributed by atoms with van der Waals surface area (Å²) < 4.78 is 0. The standard InChI is InChI=1S/C10H13NO2S/c12-7-8-5-11(6-8)10(13)4-9-2-1-3-14-9/h1-3,8,12H,4-7H2. The van der Waals surface area contributed by atoms with Crippen LogP contribution in [0.5, 0.6) is 0 Å². The minimum Gasteiger partial charge on any atom is -0.396 e. The van der Waals surface area contributed by atoms with E-state index in [0.717, 1.165) is 18.0 Å². The van der Waals surface area contributed by atoms with Gasteiger partial charge in [0.1, 0.15) is 0 Å². The van der Waals surface area contributed by atoms with E-state index < -0.39 is 0 Å². The Kier molecular flexibility index (Phi) is 2.84. The zero-order chi connectivity index (χ0) is 9.97. The van der Waals surface area contributed by atoms with Crippen molar-refractivity contribution in [3.05, 3.63) is 22.4 Å². The van der Waals surface area contributed by atoms with Crippen LogP contribution >= 0.6 is 11.3 Å². The minimum absolute atomic E-state index is 0.178. The first kappa shape index (κ1) is 9.68. The van der Waals surface area contributed by atoms with Gasteiger partial charge in [0.15, 0.2) is 0 Å². The Labute approximate surface area is 87.0 Å². The molecule has 0 atom stereocenters. The summed E-state index contributed by atoms with van der Waals surface area (Å²) in [4.78, 5) is 14.5. The maximum atomic E-state index is 11.6. The SMILES string of the molecule is O=C(Cc1cccs1)N1CC(CO)C1. The number of amides is 1. The highest BCUT2D eigenvalue weighted by atomic mass is 32.1. The van der Waals surface area contributed by atoms with Crippen molar-refractivity contribution in [1.82, 2.24) is 4.90 Å². The van der Waals surface area contributed by atoms with Crippen LogP contribution in [-0.4, -0.2) is 35.6 Å². The summed E-state index contributed by atoms with van der Waals surface area (Å²) in [5, 5.41) is 10.8. The molecule has 0 unspecified atom stereocenters. The van der Waals surface area contributed by atoms with Gasteiger partial charge in [-0.1, -0.05) is 6.07 Å². The highest BCUT2D eigenvalue weighted by molar-refractivity contribution is 7.10. The predicted octanol–water partition coefficient (Wildman–Crippen LogP) is 0.741. The Hall–Kier alpha value is -0.870. The van der Waals surface area contributed by atoms with Gasteiger partial charge in [-0.2, -0.15) is 0 Å². The molecule has 1 N–H and O–H groups in total. The third-order valence-corrected chi connectivity index (χ3v) is 3.35. The van der Waals surface area contributed by atoms with Crippen LogP contribution in [0.4, 0.5) is 0 Å². The Morgan fingerprint density at radius 1 is 1.64 bits per heavy atom. The van der Waals surface area contributed by atoms with E-state index in [0.29, 0.717) is 12.3 Å². The van der Waals surface area contributed by atoms with E-state index in [1.165, 1.54) is 0 Å². The van der Waals surface area contributed by atoms with Crippen LogP contribution in [0, 0.1) is 5.92 Å². The lowest BCUT2D eigenvalue weighted by molar-refractivity contribution is -0.137. The Morgan fingerprint density at radius 3 is 3.00 bits per heavy atom. The van der Waals surface area contributed by atoms with Crippen LogP contribution in [0.1, 0.15) is 4.88 Å². The monoisotopic (exact) mass is 211 g/mol. The molecule has 0 aromatic carbocycles. The molecule has 0 aliphatic carbocycles. The van der Waals surface area contributed by atoms with Gasteiger partial charge in [-0.25, -0.2) is 0 Å². The maximum absolute atomic E-state index is 11.6. The van der Waals surface area contributed by atoms with Crippen molar-refractivity contribution in [3.8, 4) is 0 Å². The molecule has 2 rings (SSSR count). The van der Waals surface area contributed by atoms with Crippen LogP contribution in [0.2, 0.25) is 0 Å². The fraction of sp³-hybridized carbons (Fsp3) is 0.500. The van der Waals surface area contributed by atoms with Gasteiger partial charge in [-0.15, -0.1) is 11.3 Å². The summed E-state index contributed by atoms with van der Waals surface area (Å²) in [7, 11) is 0. The van der Waals surface area contributed by atoms with Crippen molar-refractivity contribution >= 4 is 17.2 Å². The number of carbonyl (C=O) groups excluding carboxylic acids is 1. The lowest BCUT2D eigenvalue weighted by Crippen LogP contribution is -2.51. The molecule has 0 saturated carbocycles. The van der Waals surface area contributed by atoms with Gasteiger partial charge in [0.25, 0.3) is 0 Å². The lowest BCUT2D eigenvalue weighted by atomic mass is 10.0. The number of likely N-dealkylation sites (tertiary alicyclic amines) is 1. The van der Waals surface area contributed by atoms with Crippen LogP contribution in [0.25, 0.3) is 0 Å². The molecule has 3 nitrogen and oxygen atoms in total. The number of aliphatic hydroxyl groups is 1. The fourth-order valence-electron chi connectivity index (χ4n) is 1.56. The van der Waals surface area contributed by atoms with Crippen molar-refractivity contribution < 1.29 is 9.90 Å². The number of thiophene rings is 1. The normalized spacial score (nSPS) is 16.8. The smallest absolute Gasteiger partial charge is 0.227 e. The van der Waals surface area contributed by atoms with Crippen molar-refractivity contribution in [2.24, 2.45) is 5.92 Å². The first-order valence-electron chi connectivity index (χ1n) is 4.70. The second-order valence-electron chi connectivity index (χ2n) is 3.60. The van der Waals surface area contributed by atoms with Crippen LogP contribution in [-0.2, 0) is 11.2 Å². The molecule has 1 fully saturated rings. The third kappa shape index (κ3) is 1.96. The number of carbonyl (C=O) groups is 1. The van der Waals surface area contributed by atoms with E-state index in [1.54, 1.807) is 16.2 Å². The average molecular weight is 211 g/mol. The molecular weight excluding hydrogens is 198 g/mol. The maximum Gasteiger partial charge on any atom is 0.227 e. The topological polar surface area (TPSA) is 40.5 Å². The first-order chi connectivity index (χ1) is 6.79. The molecule has 1 aromatic heterocycles. The van der Waals surface area contributed by atoms with Crippen molar-refractivity contribution in [1.29, 1.82) is 0 Å². The van der Waals surface area contributed by atoms with Gasteiger partial charge < -0.3 is 10.0 Å². The summed E-state index contributed by atoms with van der Waals surface area (Å²) in [5.74, 6) is 0.486. The van der Waals surface area contributed by atoms with E-state index in [2.05, 4.69) is 0 Å². The average Bonchev–Trinajstić information content (AvgIpc) is 2.54. The van der Waals surface area contributed by atoms with Gasteiger partial charge in [-0.3, -0.25) is 4.79 Å². The van der Waals surface area contributed by atoms with E-state index in [-0.39, 0.29) is 12.5 Å². The molecule has 0 spiro atoms. The third-order valence-electron chi connectivity index (χ3n) is 2.47. The molecule has 0 radical (unpaired) electrons. The summed E-state index contributed by atoms with van der Waals surface area (Å²) >= 11 is 1.61. The summed E-state index contributed by atoms with van der Waals surface area (Å²) in [6, 6.07) is 3.94. The molecule has 2 heterocycles. The lowest BCUT2D eigenvalue weighted by Gasteiger charge is -2.38. The van der Waals surface area contributed by atoms with Crippen LogP contribution in [0.3, 0.4) is 0 Å². The summed E-state index contributed by atoms with van der Waals surface area (Å²) in [5.41, 5.74) is 0. The molecular formula is C10H13NO2S. The highest BCUT2D eigenvalue weighted by Gasteiger charge is 2.29. The van der Waals surface area contributed by atoms with Gasteiger partial charge >= 0.3 is 0 Å². The van der Waals surface area contributed by atoms with E-state index in [9.17, 15) is 4.79 Å². The summed E-state index contributed by atoms with van der Waals surface area (Å²) in [6.07, 6.45) is 0.510. The second kappa shape index (κ2) is 4.11. The summed E-state index contributed by atoms with van der Waals surface area (Å²) in [6.45, 7) is 1.64. The van der Waals surface area contributed by atoms with E-state index >= 15 is 0 Å². The molecule has 1 amide bonds. The van der Waals surface area contributed by atoms with Crippen molar-refractivity contribution in [2.45, 2.75) is 6.42 Å². The van der Waals surface area contributed by atoms with E-state index in [1.807, 2.05) is 17.5 Å². The zero-order valence-electron chi connectivity index (χ0n) is 7.85. The highest BCUT2D eigenvalue weighted by Crippen LogP contribution is 2.17. The van der Waals surface area contributed by atoms with Crippen LogP contribution < -0.4 is 0 Å². The van der Waals surface area contributed by atoms with Gasteiger partial charge in [0.05, 0.1) is 6.42 Å². The number of hydrogen-bond acceptors (Lipinski definition) is 3. The number of hydrogen-bond donors (Lipinski definition) is 1. The Morgan fingerprint density at radius 2 is 2.43 bits per heavy atom. The number of rotatable bonds is 3. The van der Waals surface area contributed by atoms with Gasteiger partial charge in [0, 0.05) is 30.5 Å². The minimum atomic E-state index is 0.178. The molecule has 1 aliphatic rings. The molecule has 76 valence electrons. The van der Waals surface area contributed by atoms with Gasteiger partial charge in [-0.05, 0) is 11.4 Å². The first-order valence-corrected chi connectivity index (χ1v) is 5.58. The quantitative estimate of drug-likeness (QED) is 0.801. The van der Waals surface area contributed by atoms with E-state index in [4.69, 9.17) is 5.11 Å². The van der Waals surface area contributed by atoms with Crippen molar-refractivity contribution in [3.63, 3.8) is 0 Å². The molecule has 1 aromatic rings. The number of aliphatic hydroxyl groups excluding tert-OH is 1. The Balaban J connectivity index is 1.80. The van der Waals surface area contributed by atoms with Gasteiger partial charge in [0.2, 0.25) is 5.91 Å². The molecule has 0 bridgehead atoms. The molecule has 14 heavy (non-hydrogen) atoms. The fourth-order valence-corrected chi connectivity index (χ4v) is 2.26. The largest absolute Gasteiger partial charge is 0.396 e. The number of nitrogens with zero attached hydrogens (tertiary/aromatic N) is 1. The zero-order valence-corrected chi connectivity index (χ0v) is 8.67. The predicted molar refractivity (Wildman–Crippen MR) is 55.2 cm³/mol. The van der Waals surface area contributed by atoms with Crippen molar-refractivity contribution in [2.75, 3.05) is 19.7 Å². The second-order valence-corrected chi connectivity index (χ2v) is 4.64.